The Morgan fingerprint density at radius 2 is 1.51 bits per heavy atom. The van der Waals surface area contributed by atoms with Gasteiger partial charge in [0, 0.05) is 48.9 Å². The minimum Gasteiger partial charge on any atom is -0.376 e. The quantitative estimate of drug-likeness (QED) is 0.141. The van der Waals surface area contributed by atoms with Gasteiger partial charge in [-0.05, 0) is 81.4 Å². The van der Waals surface area contributed by atoms with Gasteiger partial charge in [0.05, 0.1) is 24.2 Å². The second-order valence-electron chi connectivity index (χ2n) is 15.6. The summed E-state index contributed by atoms with van der Waals surface area (Å²) in [7, 11) is 0. The number of allylic oxidation sites excluding steroid dienone is 2. The monoisotopic (exact) mass is 716 g/mol. The van der Waals surface area contributed by atoms with Crippen LogP contribution in [-0.2, 0) is 35.9 Å². The van der Waals surface area contributed by atoms with Gasteiger partial charge in [-0.2, -0.15) is 0 Å². The zero-order valence-electron chi connectivity index (χ0n) is 31.7. The van der Waals surface area contributed by atoms with Crippen LogP contribution >= 0.6 is 0 Å². The van der Waals surface area contributed by atoms with Crippen molar-refractivity contribution in [2.75, 3.05) is 6.61 Å². The highest BCUT2D eigenvalue weighted by molar-refractivity contribution is 5.94. The van der Waals surface area contributed by atoms with E-state index in [0.717, 1.165) is 23.1 Å². The van der Waals surface area contributed by atoms with E-state index < -0.39 is 22.8 Å². The molecule has 5 rings (SSSR count). The molecule has 1 saturated carbocycles. The molecule has 2 unspecified atom stereocenters. The van der Waals surface area contributed by atoms with Gasteiger partial charge in [0.1, 0.15) is 17.3 Å². The number of hydrogen-bond acceptors (Lipinski definition) is 7. The molecule has 1 aliphatic heterocycles. The zero-order valence-corrected chi connectivity index (χ0v) is 31.7. The number of ketones is 4. The van der Waals surface area contributed by atoms with Crippen LogP contribution in [0.5, 0.6) is 0 Å². The largest absolute Gasteiger partial charge is 0.376 e. The highest BCUT2D eigenvalue weighted by atomic mass is 16.5. The summed E-state index contributed by atoms with van der Waals surface area (Å²) in [4.78, 5) is 60.1. The molecule has 0 saturated heterocycles. The van der Waals surface area contributed by atoms with E-state index in [2.05, 4.69) is 12.1 Å². The molecular weight excluding hydrogens is 661 g/mol. The summed E-state index contributed by atoms with van der Waals surface area (Å²) in [5, 5.41) is 0. The lowest BCUT2D eigenvalue weighted by Crippen LogP contribution is -2.43. The number of nitrogens with zero attached hydrogens (tertiary/aromatic N) is 1. The minimum atomic E-state index is -1.07. The molecule has 0 aromatic heterocycles. The van der Waals surface area contributed by atoms with Crippen molar-refractivity contribution < 1.29 is 23.9 Å². The molecule has 0 amide bonds. The van der Waals surface area contributed by atoms with E-state index in [9.17, 15) is 19.2 Å². The average molecular weight is 717 g/mol. The standard InChI is InChI=1S/C46H56N2O5/c1-4-15-41(50)46(38-21-12-7-13-22-38)25-23-35(24-26-46)44(52)43(34-18-10-6-11-19-34)36-20-14-27-48-39(28-36)30-40(49)37(29-42(51)45(2,3)47)32-53-31-33-16-8-5-9-17-33/h5-13,16-19,21-22,27-28,35-37,43H,4,14-15,20,23-26,29-32,47H2,1-3H3/t35?,36?,37-,43?,46?/m1/s1. The number of carbonyl (C=O) groups is 4. The molecule has 7 heteroatoms. The van der Waals surface area contributed by atoms with Gasteiger partial charge in [-0.15, -0.1) is 0 Å². The third kappa shape index (κ3) is 10.4. The van der Waals surface area contributed by atoms with E-state index in [0.29, 0.717) is 57.2 Å². The van der Waals surface area contributed by atoms with Crippen LogP contribution in [0.4, 0.5) is 0 Å². The first-order valence-corrected chi connectivity index (χ1v) is 19.4. The Bertz CT molecular complexity index is 1730. The van der Waals surface area contributed by atoms with Gasteiger partial charge in [0.15, 0.2) is 5.78 Å². The number of benzene rings is 3. The van der Waals surface area contributed by atoms with E-state index in [1.54, 1.807) is 13.8 Å². The van der Waals surface area contributed by atoms with Gasteiger partial charge >= 0.3 is 0 Å². The van der Waals surface area contributed by atoms with Gasteiger partial charge in [-0.3, -0.25) is 24.2 Å². The van der Waals surface area contributed by atoms with Gasteiger partial charge in [-0.1, -0.05) is 104 Å². The van der Waals surface area contributed by atoms with Gasteiger partial charge in [0.25, 0.3) is 0 Å². The maximum absolute atomic E-state index is 14.8. The topological polar surface area (TPSA) is 116 Å². The first-order valence-electron chi connectivity index (χ1n) is 19.4. The smallest absolute Gasteiger partial charge is 0.152 e. The molecule has 3 aromatic rings. The van der Waals surface area contributed by atoms with Crippen LogP contribution in [0.25, 0.3) is 0 Å². The van der Waals surface area contributed by atoms with Crippen molar-refractivity contribution in [3.63, 3.8) is 0 Å². The maximum atomic E-state index is 14.8. The van der Waals surface area contributed by atoms with E-state index in [-0.39, 0.29) is 54.4 Å². The Hall–Kier alpha value is -4.33. The lowest BCUT2D eigenvalue weighted by atomic mass is 9.61. The number of hydrogen-bond donors (Lipinski definition) is 1. The summed E-state index contributed by atoms with van der Waals surface area (Å²) in [6.07, 6.45) is 9.22. The molecule has 1 aliphatic carbocycles. The van der Waals surface area contributed by atoms with E-state index in [4.69, 9.17) is 15.5 Å². The molecule has 2 N–H and O–H groups in total. The van der Waals surface area contributed by atoms with Gasteiger partial charge in [-0.25, -0.2) is 0 Å². The van der Waals surface area contributed by atoms with Crippen molar-refractivity contribution in [1.29, 1.82) is 0 Å². The molecule has 1 fully saturated rings. The molecule has 280 valence electrons. The fraction of sp³-hybridized carbons (Fsp3) is 0.457. The molecule has 3 aromatic carbocycles. The molecule has 0 spiro atoms. The third-order valence-corrected chi connectivity index (χ3v) is 11.2. The van der Waals surface area contributed by atoms with Crippen LogP contribution in [0, 0.1) is 17.8 Å². The Labute approximate surface area is 315 Å². The SMILES string of the molecule is CCCC(=O)C1(c2ccccc2)CCC(C(=O)C(c2ccccc2)C2C=C(CC(=O)[C@@H](COCc3ccccc3)CC(=O)C(C)(C)N)N=CCC2)CC1. The lowest BCUT2D eigenvalue weighted by molar-refractivity contribution is -0.131. The summed E-state index contributed by atoms with van der Waals surface area (Å²) >= 11 is 0. The Morgan fingerprint density at radius 3 is 2.13 bits per heavy atom. The molecule has 3 atom stereocenters. The fourth-order valence-electron chi connectivity index (χ4n) is 8.04. The lowest BCUT2D eigenvalue weighted by Gasteiger charge is -2.40. The maximum Gasteiger partial charge on any atom is 0.152 e. The molecule has 0 radical (unpaired) electrons. The summed E-state index contributed by atoms with van der Waals surface area (Å²) in [6, 6.07) is 29.8. The van der Waals surface area contributed by atoms with Crippen LogP contribution in [0.15, 0.2) is 108 Å². The highest BCUT2D eigenvalue weighted by Gasteiger charge is 2.45. The van der Waals surface area contributed by atoms with Crippen LogP contribution in [0.3, 0.4) is 0 Å². The predicted octanol–water partition coefficient (Wildman–Crippen LogP) is 8.69. The highest BCUT2D eigenvalue weighted by Crippen LogP contribution is 2.46. The van der Waals surface area contributed by atoms with Gasteiger partial charge < -0.3 is 10.5 Å². The summed E-state index contributed by atoms with van der Waals surface area (Å²) in [5.74, 6) is -1.31. The Balaban J connectivity index is 1.36. The fourth-order valence-corrected chi connectivity index (χ4v) is 8.04. The summed E-state index contributed by atoms with van der Waals surface area (Å²) < 4.78 is 5.98. The van der Waals surface area contributed by atoms with Crippen molar-refractivity contribution >= 4 is 29.3 Å². The van der Waals surface area contributed by atoms with E-state index >= 15 is 0 Å². The van der Waals surface area contributed by atoms with Crippen molar-refractivity contribution in [2.24, 2.45) is 28.5 Å². The number of nitrogens with two attached hydrogens (primary N) is 1. The number of rotatable bonds is 18. The number of Topliss-reactive ketones (excluding diaryl/α,β-unsaturated/α-hetero) is 4. The minimum absolute atomic E-state index is 0.0183. The average Bonchev–Trinajstić information content (AvgIpc) is 3.40. The number of aliphatic imine (C=N–C) groups is 1. The van der Waals surface area contributed by atoms with E-state index in [1.165, 1.54) is 0 Å². The van der Waals surface area contributed by atoms with Crippen molar-refractivity contribution in [1.82, 2.24) is 0 Å². The second kappa shape index (κ2) is 18.6. The molecule has 53 heavy (non-hydrogen) atoms. The Kier molecular flexibility index (Phi) is 14.0. The molecule has 0 bridgehead atoms. The molecule has 2 aliphatic rings. The Morgan fingerprint density at radius 1 is 0.887 bits per heavy atom. The van der Waals surface area contributed by atoms with Crippen LogP contribution in [-0.4, -0.2) is 41.5 Å². The first-order chi connectivity index (χ1) is 25.5. The zero-order chi connectivity index (χ0) is 37.8. The second-order valence-corrected chi connectivity index (χ2v) is 15.6. The first kappa shape index (κ1) is 39.9. The van der Waals surface area contributed by atoms with Gasteiger partial charge in [0.2, 0.25) is 0 Å². The van der Waals surface area contributed by atoms with Crippen molar-refractivity contribution in [2.45, 2.75) is 108 Å². The van der Waals surface area contributed by atoms with Crippen molar-refractivity contribution in [3.05, 3.63) is 119 Å². The number of carbonyl (C=O) groups excluding carboxylic acids is 4. The van der Waals surface area contributed by atoms with Crippen LogP contribution < -0.4 is 5.73 Å². The molecule has 7 nitrogen and oxygen atoms in total. The molecule has 1 heterocycles. The van der Waals surface area contributed by atoms with Crippen LogP contribution in [0.2, 0.25) is 0 Å². The number of ether oxygens (including phenoxy) is 1. The summed E-state index contributed by atoms with van der Waals surface area (Å²) in [5.41, 5.74) is 8.11. The molecular formula is C46H56N2O5. The third-order valence-electron chi connectivity index (χ3n) is 11.2. The summed E-state index contributed by atoms with van der Waals surface area (Å²) in [6.45, 7) is 5.77. The van der Waals surface area contributed by atoms with E-state index in [1.807, 2.05) is 98.1 Å². The predicted molar refractivity (Wildman–Crippen MR) is 211 cm³/mol. The van der Waals surface area contributed by atoms with Crippen molar-refractivity contribution in [3.8, 4) is 0 Å². The normalized spacial score (nSPS) is 21.5. The van der Waals surface area contributed by atoms with Crippen LogP contribution in [0.1, 0.15) is 108 Å².